The first-order valence-corrected chi connectivity index (χ1v) is 9.59. The maximum absolute atomic E-state index is 12.7. The summed E-state index contributed by atoms with van der Waals surface area (Å²) in [6, 6.07) is 9.77. The number of rotatable bonds is 4. The molecule has 0 radical (unpaired) electrons. The van der Waals surface area contributed by atoms with Crippen LogP contribution in [0.15, 0.2) is 30.3 Å². The van der Waals surface area contributed by atoms with E-state index >= 15 is 0 Å². The van der Waals surface area contributed by atoms with E-state index in [9.17, 15) is 8.42 Å². The van der Waals surface area contributed by atoms with E-state index in [0.29, 0.717) is 19.1 Å². The molecule has 122 valence electrons. The zero-order valence-electron chi connectivity index (χ0n) is 12.9. The van der Waals surface area contributed by atoms with Crippen LogP contribution >= 0.6 is 0 Å². The van der Waals surface area contributed by atoms with Crippen LogP contribution in [0.25, 0.3) is 0 Å². The highest BCUT2D eigenvalue weighted by atomic mass is 32.2. The third kappa shape index (κ3) is 3.87. The van der Waals surface area contributed by atoms with Crippen molar-refractivity contribution in [3.63, 3.8) is 0 Å². The van der Waals surface area contributed by atoms with E-state index in [1.807, 2.05) is 30.3 Å². The third-order valence-electron chi connectivity index (χ3n) is 4.51. The van der Waals surface area contributed by atoms with Crippen LogP contribution in [0.4, 0.5) is 0 Å². The van der Waals surface area contributed by atoms with Crippen molar-refractivity contribution < 1.29 is 13.2 Å². The molecule has 2 fully saturated rings. The maximum Gasteiger partial charge on any atom is 0.218 e. The van der Waals surface area contributed by atoms with Crippen molar-refractivity contribution in [1.82, 2.24) is 9.21 Å². The van der Waals surface area contributed by atoms with Crippen molar-refractivity contribution in [3.8, 4) is 0 Å². The van der Waals surface area contributed by atoms with Gasteiger partial charge in [0.05, 0.1) is 19.0 Å². The van der Waals surface area contributed by atoms with Crippen LogP contribution < -0.4 is 0 Å². The SMILES string of the molecule is O=S(=O)(Cc1ccccc1)N1CCCC(N2CCOCC2)C1. The van der Waals surface area contributed by atoms with Crippen molar-refractivity contribution in [2.45, 2.75) is 24.6 Å². The van der Waals surface area contributed by atoms with E-state index in [0.717, 1.165) is 44.7 Å². The Morgan fingerprint density at radius 2 is 1.82 bits per heavy atom. The largest absolute Gasteiger partial charge is 0.379 e. The average Bonchev–Trinajstić information content (AvgIpc) is 2.56. The van der Waals surface area contributed by atoms with Gasteiger partial charge in [-0.3, -0.25) is 4.90 Å². The minimum absolute atomic E-state index is 0.101. The molecule has 1 aromatic carbocycles. The van der Waals surface area contributed by atoms with Crippen LogP contribution in [0.2, 0.25) is 0 Å². The molecule has 5 nitrogen and oxygen atoms in total. The molecular formula is C16H24N2O3S. The normalized spacial score (nSPS) is 25.2. The van der Waals surface area contributed by atoms with E-state index in [2.05, 4.69) is 4.90 Å². The van der Waals surface area contributed by atoms with Crippen LogP contribution in [0.3, 0.4) is 0 Å². The topological polar surface area (TPSA) is 49.9 Å². The summed E-state index contributed by atoms with van der Waals surface area (Å²) in [6.07, 6.45) is 2.02. The molecule has 1 atom stereocenters. The smallest absolute Gasteiger partial charge is 0.218 e. The fourth-order valence-corrected chi connectivity index (χ4v) is 4.89. The van der Waals surface area contributed by atoms with Crippen LogP contribution in [0.5, 0.6) is 0 Å². The van der Waals surface area contributed by atoms with Gasteiger partial charge in [-0.25, -0.2) is 12.7 Å². The summed E-state index contributed by atoms with van der Waals surface area (Å²) < 4.78 is 32.4. The number of sulfonamides is 1. The van der Waals surface area contributed by atoms with Crippen molar-refractivity contribution in [1.29, 1.82) is 0 Å². The molecule has 0 spiro atoms. The molecule has 0 saturated carbocycles. The Labute approximate surface area is 132 Å². The van der Waals surface area contributed by atoms with Crippen LogP contribution in [0.1, 0.15) is 18.4 Å². The zero-order chi connectivity index (χ0) is 15.4. The lowest BCUT2D eigenvalue weighted by Gasteiger charge is -2.40. The van der Waals surface area contributed by atoms with Gasteiger partial charge in [-0.1, -0.05) is 30.3 Å². The maximum atomic E-state index is 12.7. The van der Waals surface area contributed by atoms with Gasteiger partial charge in [0.25, 0.3) is 0 Å². The second-order valence-electron chi connectivity index (χ2n) is 6.04. The summed E-state index contributed by atoms with van der Waals surface area (Å²) in [6.45, 7) is 4.61. The minimum atomic E-state index is -3.23. The first-order valence-electron chi connectivity index (χ1n) is 7.99. The van der Waals surface area contributed by atoms with Gasteiger partial charge in [0.1, 0.15) is 0 Å². The summed E-state index contributed by atoms with van der Waals surface area (Å²) in [5.74, 6) is 0.101. The van der Waals surface area contributed by atoms with E-state index in [-0.39, 0.29) is 5.75 Å². The highest BCUT2D eigenvalue weighted by Gasteiger charge is 2.32. The van der Waals surface area contributed by atoms with Gasteiger partial charge < -0.3 is 4.74 Å². The van der Waals surface area contributed by atoms with Crippen LogP contribution in [-0.2, 0) is 20.5 Å². The van der Waals surface area contributed by atoms with Gasteiger partial charge >= 0.3 is 0 Å². The number of hydrogen-bond donors (Lipinski definition) is 0. The summed E-state index contributed by atoms with van der Waals surface area (Å²) in [5.41, 5.74) is 0.857. The average molecular weight is 324 g/mol. The molecule has 22 heavy (non-hydrogen) atoms. The molecule has 0 N–H and O–H groups in total. The lowest BCUT2D eigenvalue weighted by Crippen LogP contribution is -2.52. The lowest BCUT2D eigenvalue weighted by molar-refractivity contribution is 0.00537. The van der Waals surface area contributed by atoms with Gasteiger partial charge in [-0.05, 0) is 18.4 Å². The number of nitrogens with zero attached hydrogens (tertiary/aromatic N) is 2. The Bertz CT molecular complexity index is 570. The minimum Gasteiger partial charge on any atom is -0.379 e. The fourth-order valence-electron chi connectivity index (χ4n) is 3.29. The highest BCUT2D eigenvalue weighted by Crippen LogP contribution is 2.21. The molecule has 2 heterocycles. The van der Waals surface area contributed by atoms with E-state index in [1.165, 1.54) is 0 Å². The Morgan fingerprint density at radius 1 is 1.09 bits per heavy atom. The summed E-state index contributed by atoms with van der Waals surface area (Å²) in [7, 11) is -3.23. The molecule has 0 bridgehead atoms. The molecule has 0 aliphatic carbocycles. The summed E-state index contributed by atoms with van der Waals surface area (Å²) in [4.78, 5) is 2.38. The van der Waals surface area contributed by atoms with Gasteiger partial charge in [-0.15, -0.1) is 0 Å². The number of morpholine rings is 1. The fraction of sp³-hybridized carbons (Fsp3) is 0.625. The molecule has 0 amide bonds. The van der Waals surface area contributed by atoms with Crippen molar-refractivity contribution >= 4 is 10.0 Å². The summed E-state index contributed by atoms with van der Waals surface area (Å²) in [5, 5.41) is 0. The second-order valence-corrected chi connectivity index (χ2v) is 8.01. The molecule has 2 saturated heterocycles. The van der Waals surface area contributed by atoms with Gasteiger partial charge in [0.15, 0.2) is 0 Å². The van der Waals surface area contributed by atoms with Crippen molar-refractivity contribution in [2.24, 2.45) is 0 Å². The van der Waals surface area contributed by atoms with Crippen molar-refractivity contribution in [3.05, 3.63) is 35.9 Å². The molecule has 2 aliphatic heterocycles. The first-order chi connectivity index (χ1) is 10.6. The standard InChI is InChI=1S/C16H24N2O3S/c19-22(20,14-15-5-2-1-3-6-15)18-8-4-7-16(13-18)17-9-11-21-12-10-17/h1-3,5-6,16H,4,7-14H2. The Balaban J connectivity index is 1.65. The van der Waals surface area contributed by atoms with Crippen molar-refractivity contribution in [2.75, 3.05) is 39.4 Å². The quantitative estimate of drug-likeness (QED) is 0.838. The number of benzene rings is 1. The first kappa shape index (κ1) is 15.9. The van der Waals surface area contributed by atoms with E-state index < -0.39 is 10.0 Å². The van der Waals surface area contributed by atoms with Gasteiger partial charge in [-0.2, -0.15) is 0 Å². The Morgan fingerprint density at radius 3 is 2.55 bits per heavy atom. The molecule has 0 aromatic heterocycles. The molecule has 1 aromatic rings. The molecule has 2 aliphatic rings. The zero-order valence-corrected chi connectivity index (χ0v) is 13.7. The third-order valence-corrected chi connectivity index (χ3v) is 6.32. The van der Waals surface area contributed by atoms with Crippen LogP contribution in [0, 0.1) is 0 Å². The van der Waals surface area contributed by atoms with Gasteiger partial charge in [0.2, 0.25) is 10.0 Å². The van der Waals surface area contributed by atoms with E-state index in [1.54, 1.807) is 4.31 Å². The number of piperidine rings is 1. The van der Waals surface area contributed by atoms with E-state index in [4.69, 9.17) is 4.74 Å². The monoisotopic (exact) mass is 324 g/mol. The summed E-state index contributed by atoms with van der Waals surface area (Å²) >= 11 is 0. The predicted molar refractivity (Wildman–Crippen MR) is 86.1 cm³/mol. The van der Waals surface area contributed by atoms with Gasteiger partial charge in [0, 0.05) is 32.2 Å². The second kappa shape index (κ2) is 7.08. The number of hydrogen-bond acceptors (Lipinski definition) is 4. The number of ether oxygens (including phenoxy) is 1. The Kier molecular flexibility index (Phi) is 5.13. The molecule has 3 rings (SSSR count). The highest BCUT2D eigenvalue weighted by molar-refractivity contribution is 7.88. The predicted octanol–water partition coefficient (Wildman–Crippen LogP) is 1.31. The molecule has 6 heteroatoms. The molecular weight excluding hydrogens is 300 g/mol. The van der Waals surface area contributed by atoms with Crippen LogP contribution in [-0.4, -0.2) is 63.1 Å². The molecule has 1 unspecified atom stereocenters. The lowest BCUT2D eigenvalue weighted by atomic mass is 10.1. The Hall–Kier alpha value is -0.950.